The lowest BCUT2D eigenvalue weighted by Crippen LogP contribution is -2.32. The zero-order valence-corrected chi connectivity index (χ0v) is 14.4. The molecule has 0 bridgehead atoms. The summed E-state index contributed by atoms with van der Waals surface area (Å²) < 4.78 is 11.1. The third kappa shape index (κ3) is 5.19. The maximum atomic E-state index is 11.9. The summed E-state index contributed by atoms with van der Waals surface area (Å²) in [6.07, 6.45) is 0. The molecule has 0 aromatic heterocycles. The molecule has 0 saturated heterocycles. The van der Waals surface area contributed by atoms with Gasteiger partial charge in [-0.1, -0.05) is 18.2 Å². The molecule has 0 aliphatic heterocycles. The van der Waals surface area contributed by atoms with Gasteiger partial charge in [0.2, 0.25) is 0 Å². The normalized spacial score (nSPS) is 10.1. The van der Waals surface area contributed by atoms with Crippen LogP contribution >= 0.6 is 0 Å². The fourth-order valence-electron chi connectivity index (χ4n) is 2.15. The van der Waals surface area contributed by atoms with E-state index >= 15 is 0 Å². The van der Waals surface area contributed by atoms with Crippen molar-refractivity contribution in [3.8, 4) is 11.5 Å². The third-order valence-corrected chi connectivity index (χ3v) is 3.57. The molecule has 0 unspecified atom stereocenters. The first-order valence-electron chi connectivity index (χ1n) is 8.07. The van der Waals surface area contributed by atoms with Gasteiger partial charge in [0.25, 0.3) is 0 Å². The number of hydrogen-bond donors (Lipinski definition) is 2. The van der Waals surface area contributed by atoms with Crippen LogP contribution in [0, 0.1) is 13.8 Å². The van der Waals surface area contributed by atoms with Gasteiger partial charge < -0.3 is 20.1 Å². The van der Waals surface area contributed by atoms with E-state index in [0.29, 0.717) is 31.2 Å². The van der Waals surface area contributed by atoms with Gasteiger partial charge >= 0.3 is 6.03 Å². The van der Waals surface area contributed by atoms with E-state index in [-0.39, 0.29) is 6.03 Å². The van der Waals surface area contributed by atoms with Crippen LogP contribution in [0.1, 0.15) is 18.1 Å². The number of carbonyl (C=O) groups is 1. The van der Waals surface area contributed by atoms with Crippen LogP contribution in [-0.2, 0) is 0 Å². The Morgan fingerprint density at radius 3 is 2.58 bits per heavy atom. The Hall–Kier alpha value is -2.69. The van der Waals surface area contributed by atoms with Gasteiger partial charge in [0, 0.05) is 0 Å². The van der Waals surface area contributed by atoms with Gasteiger partial charge in [-0.15, -0.1) is 0 Å². The van der Waals surface area contributed by atoms with E-state index in [1.165, 1.54) is 11.1 Å². The zero-order chi connectivity index (χ0) is 17.4. The smallest absolute Gasteiger partial charge is 0.319 e. The van der Waals surface area contributed by atoms with Gasteiger partial charge in [-0.3, -0.25) is 0 Å². The summed E-state index contributed by atoms with van der Waals surface area (Å²) in [7, 11) is 0. The summed E-state index contributed by atoms with van der Waals surface area (Å²) in [5.41, 5.74) is 3.06. The second-order valence-corrected chi connectivity index (χ2v) is 5.40. The predicted molar refractivity (Wildman–Crippen MR) is 96.0 cm³/mol. The summed E-state index contributed by atoms with van der Waals surface area (Å²) >= 11 is 0. The average Bonchev–Trinajstić information content (AvgIpc) is 2.57. The Morgan fingerprint density at radius 1 is 1.04 bits per heavy atom. The summed E-state index contributed by atoms with van der Waals surface area (Å²) in [4.78, 5) is 11.9. The molecule has 5 nitrogen and oxygen atoms in total. The van der Waals surface area contributed by atoms with Crippen LogP contribution in [0.3, 0.4) is 0 Å². The summed E-state index contributed by atoms with van der Waals surface area (Å²) in [5.74, 6) is 1.46. The van der Waals surface area contributed by atoms with Crippen molar-refractivity contribution in [3.63, 3.8) is 0 Å². The molecule has 0 fully saturated rings. The summed E-state index contributed by atoms with van der Waals surface area (Å²) in [5, 5.41) is 5.55. The van der Waals surface area contributed by atoms with E-state index in [1.807, 2.05) is 50.2 Å². The number of benzene rings is 2. The molecule has 2 aromatic carbocycles. The highest BCUT2D eigenvalue weighted by Gasteiger charge is 2.06. The van der Waals surface area contributed by atoms with Crippen molar-refractivity contribution in [2.45, 2.75) is 20.8 Å². The predicted octanol–water partition coefficient (Wildman–Crippen LogP) is 3.90. The van der Waals surface area contributed by atoms with Gasteiger partial charge in [0.1, 0.15) is 18.1 Å². The Labute approximate surface area is 143 Å². The number of aryl methyl sites for hydroxylation is 2. The SMILES string of the molecule is CCOc1ccccc1NC(=O)NCCOc1ccc(C)c(C)c1. The molecule has 0 radical (unpaired) electrons. The Kier molecular flexibility index (Phi) is 6.49. The molecule has 128 valence electrons. The minimum absolute atomic E-state index is 0.286. The van der Waals surface area contributed by atoms with E-state index in [0.717, 1.165) is 5.75 Å². The Balaban J connectivity index is 1.76. The largest absolute Gasteiger partial charge is 0.492 e. The summed E-state index contributed by atoms with van der Waals surface area (Å²) in [6, 6.07) is 13.0. The maximum Gasteiger partial charge on any atom is 0.319 e. The number of hydrogen-bond acceptors (Lipinski definition) is 3. The highest BCUT2D eigenvalue weighted by atomic mass is 16.5. The number of rotatable bonds is 7. The second kappa shape index (κ2) is 8.82. The zero-order valence-electron chi connectivity index (χ0n) is 14.4. The molecule has 24 heavy (non-hydrogen) atoms. The van der Waals surface area contributed by atoms with Crippen molar-refractivity contribution in [3.05, 3.63) is 53.6 Å². The minimum Gasteiger partial charge on any atom is -0.492 e. The number of carbonyl (C=O) groups excluding carboxylic acids is 1. The number of ether oxygens (including phenoxy) is 2. The van der Waals surface area contributed by atoms with E-state index in [9.17, 15) is 4.79 Å². The lowest BCUT2D eigenvalue weighted by Gasteiger charge is -2.12. The van der Waals surface area contributed by atoms with E-state index < -0.39 is 0 Å². The molecule has 0 saturated carbocycles. The van der Waals surface area contributed by atoms with Crippen LogP contribution in [0.5, 0.6) is 11.5 Å². The van der Waals surface area contributed by atoms with Crippen LogP contribution in [0.25, 0.3) is 0 Å². The van der Waals surface area contributed by atoms with Gasteiger partial charge in [-0.2, -0.15) is 0 Å². The average molecular weight is 328 g/mol. The molecule has 0 heterocycles. The lowest BCUT2D eigenvalue weighted by molar-refractivity contribution is 0.247. The number of nitrogens with one attached hydrogen (secondary N) is 2. The van der Waals surface area contributed by atoms with Crippen LogP contribution < -0.4 is 20.1 Å². The van der Waals surface area contributed by atoms with Crippen LogP contribution in [0.2, 0.25) is 0 Å². The minimum atomic E-state index is -0.286. The number of amides is 2. The van der Waals surface area contributed by atoms with E-state index in [2.05, 4.69) is 17.6 Å². The molecule has 5 heteroatoms. The van der Waals surface area contributed by atoms with Crippen molar-refractivity contribution in [2.24, 2.45) is 0 Å². The fraction of sp³-hybridized carbons (Fsp3) is 0.316. The van der Waals surface area contributed by atoms with Crippen LogP contribution in [0.15, 0.2) is 42.5 Å². The lowest BCUT2D eigenvalue weighted by atomic mass is 10.1. The maximum absolute atomic E-state index is 11.9. The molecule has 2 rings (SSSR count). The van der Waals surface area contributed by atoms with E-state index in [1.54, 1.807) is 6.07 Å². The molecule has 0 aliphatic rings. The number of urea groups is 1. The van der Waals surface area contributed by atoms with E-state index in [4.69, 9.17) is 9.47 Å². The monoisotopic (exact) mass is 328 g/mol. The van der Waals surface area contributed by atoms with Crippen molar-refractivity contribution < 1.29 is 14.3 Å². The standard InChI is InChI=1S/C19H24N2O3/c1-4-23-18-8-6-5-7-17(18)21-19(22)20-11-12-24-16-10-9-14(2)15(3)13-16/h5-10,13H,4,11-12H2,1-3H3,(H2,20,21,22). The topological polar surface area (TPSA) is 59.6 Å². The Bertz CT molecular complexity index is 686. The highest BCUT2D eigenvalue weighted by Crippen LogP contribution is 2.23. The quantitative estimate of drug-likeness (QED) is 0.758. The third-order valence-electron chi connectivity index (χ3n) is 3.57. The fourth-order valence-corrected chi connectivity index (χ4v) is 2.15. The number of para-hydroxylation sites is 2. The highest BCUT2D eigenvalue weighted by molar-refractivity contribution is 5.90. The molecule has 0 aliphatic carbocycles. The van der Waals surface area contributed by atoms with Gasteiger partial charge in [-0.25, -0.2) is 4.79 Å². The van der Waals surface area contributed by atoms with Crippen molar-refractivity contribution in [2.75, 3.05) is 25.1 Å². The Morgan fingerprint density at radius 2 is 1.83 bits per heavy atom. The second-order valence-electron chi connectivity index (χ2n) is 5.40. The van der Waals surface area contributed by atoms with Gasteiger partial charge in [0.15, 0.2) is 0 Å². The first-order chi connectivity index (χ1) is 11.6. The van der Waals surface area contributed by atoms with Crippen molar-refractivity contribution in [1.82, 2.24) is 5.32 Å². The van der Waals surface area contributed by atoms with Gasteiger partial charge in [0.05, 0.1) is 18.8 Å². The molecule has 2 N–H and O–H groups in total. The molecule has 0 spiro atoms. The first-order valence-corrected chi connectivity index (χ1v) is 8.07. The molecular weight excluding hydrogens is 304 g/mol. The molecule has 2 aromatic rings. The number of anilines is 1. The molecular formula is C19H24N2O3. The van der Waals surface area contributed by atoms with Crippen molar-refractivity contribution >= 4 is 11.7 Å². The van der Waals surface area contributed by atoms with Crippen LogP contribution in [0.4, 0.5) is 10.5 Å². The molecule has 0 atom stereocenters. The molecule has 2 amide bonds. The van der Waals surface area contributed by atoms with Gasteiger partial charge in [-0.05, 0) is 56.2 Å². The van der Waals surface area contributed by atoms with Crippen molar-refractivity contribution in [1.29, 1.82) is 0 Å². The first kappa shape index (κ1) is 17.7. The summed E-state index contributed by atoms with van der Waals surface area (Å²) in [6.45, 7) is 7.37. The van der Waals surface area contributed by atoms with Crippen LogP contribution in [-0.4, -0.2) is 25.8 Å².